The van der Waals surface area contributed by atoms with Crippen LogP contribution in [-0.2, 0) is 9.59 Å². The lowest BCUT2D eigenvalue weighted by Crippen LogP contribution is -2.68. The highest BCUT2D eigenvalue weighted by Gasteiger charge is 2.68. The lowest BCUT2D eigenvalue weighted by Gasteiger charge is -2.63. The summed E-state index contributed by atoms with van der Waals surface area (Å²) in [6.45, 7) is 11.3. The minimum atomic E-state index is -1.92. The molecule has 122 valence electrons. The Hall–Kier alpha value is -1.10. The van der Waals surface area contributed by atoms with E-state index in [2.05, 4.69) is 0 Å². The zero-order valence-electron chi connectivity index (χ0n) is 13.9. The average Bonchev–Trinajstić information content (AvgIpc) is 2.25. The van der Waals surface area contributed by atoms with Gasteiger partial charge in [-0.3, -0.25) is 4.79 Å². The smallest absolute Gasteiger partial charge is 0.336 e. The van der Waals surface area contributed by atoms with E-state index in [1.165, 1.54) is 0 Å². The number of hydrogen-bond acceptors (Lipinski definition) is 3. The Bertz CT molecular complexity index is 427. The molecule has 2 atom stereocenters. The van der Waals surface area contributed by atoms with E-state index in [4.69, 9.17) is 0 Å². The summed E-state index contributed by atoms with van der Waals surface area (Å²) in [6.07, 6.45) is 0.317. The Morgan fingerprint density at radius 1 is 1.00 bits per heavy atom. The van der Waals surface area contributed by atoms with Crippen LogP contribution in [0.1, 0.15) is 60.8 Å². The molecule has 0 aromatic carbocycles. The highest BCUT2D eigenvalue weighted by molar-refractivity contribution is 5.80. The zero-order valence-corrected chi connectivity index (χ0v) is 13.9. The maximum absolute atomic E-state index is 11.9. The summed E-state index contributed by atoms with van der Waals surface area (Å²) < 4.78 is 0. The molecule has 0 radical (unpaired) electrons. The fourth-order valence-electron chi connectivity index (χ4n) is 4.72. The van der Waals surface area contributed by atoms with Gasteiger partial charge in [0.1, 0.15) is 0 Å². The summed E-state index contributed by atoms with van der Waals surface area (Å²) in [4.78, 5) is 23.3. The lowest BCUT2D eigenvalue weighted by atomic mass is 9.42. The first-order chi connectivity index (χ1) is 9.21. The number of carboxylic acids is 2. The number of aliphatic carboxylic acids is 2. The molecule has 0 aromatic rings. The quantitative estimate of drug-likeness (QED) is 0.729. The molecule has 0 saturated heterocycles. The van der Waals surface area contributed by atoms with Crippen molar-refractivity contribution in [2.45, 2.75) is 66.4 Å². The molecule has 3 N–H and O–H groups in total. The van der Waals surface area contributed by atoms with Gasteiger partial charge in [0.05, 0.1) is 5.92 Å². The third kappa shape index (κ3) is 2.45. The van der Waals surface area contributed by atoms with Crippen molar-refractivity contribution in [3.05, 3.63) is 0 Å². The van der Waals surface area contributed by atoms with E-state index >= 15 is 0 Å². The van der Waals surface area contributed by atoms with Crippen molar-refractivity contribution < 1.29 is 24.9 Å². The topological polar surface area (TPSA) is 94.8 Å². The molecule has 21 heavy (non-hydrogen) atoms. The molecule has 1 saturated carbocycles. The average molecular weight is 300 g/mol. The predicted molar refractivity (Wildman–Crippen MR) is 78.9 cm³/mol. The van der Waals surface area contributed by atoms with Crippen molar-refractivity contribution in [1.29, 1.82) is 0 Å². The molecule has 0 aromatic heterocycles. The van der Waals surface area contributed by atoms with Gasteiger partial charge in [0, 0.05) is 5.41 Å². The second kappa shape index (κ2) is 4.97. The minimum Gasteiger partial charge on any atom is -0.481 e. The summed E-state index contributed by atoms with van der Waals surface area (Å²) in [7, 11) is 0. The predicted octanol–water partition coefficient (Wildman–Crippen LogP) is 2.77. The molecule has 2 unspecified atom stereocenters. The summed E-state index contributed by atoms with van der Waals surface area (Å²) in [5.41, 5.74) is -4.09. The van der Waals surface area contributed by atoms with Crippen LogP contribution in [0.3, 0.4) is 0 Å². The number of carboxylic acid groups (broad SMARTS) is 2. The van der Waals surface area contributed by atoms with Crippen molar-refractivity contribution in [1.82, 2.24) is 0 Å². The highest BCUT2D eigenvalue weighted by Crippen LogP contribution is 2.64. The van der Waals surface area contributed by atoms with E-state index in [1.807, 2.05) is 41.5 Å². The normalized spacial score (nSPS) is 30.0. The van der Waals surface area contributed by atoms with Crippen molar-refractivity contribution in [3.8, 4) is 0 Å². The molecule has 0 aliphatic heterocycles. The number of rotatable bonds is 2. The van der Waals surface area contributed by atoms with Crippen molar-refractivity contribution in [2.24, 2.45) is 22.2 Å². The molecular formula is C16H28O5. The first-order valence-corrected chi connectivity index (χ1v) is 7.39. The van der Waals surface area contributed by atoms with E-state index in [9.17, 15) is 24.9 Å². The van der Waals surface area contributed by atoms with Gasteiger partial charge in [0.25, 0.3) is 0 Å². The Balaban J connectivity index is 3.62. The van der Waals surface area contributed by atoms with Crippen LogP contribution in [0.5, 0.6) is 0 Å². The van der Waals surface area contributed by atoms with Gasteiger partial charge in [0.15, 0.2) is 5.60 Å². The largest absolute Gasteiger partial charge is 0.481 e. The Kier molecular flexibility index (Phi) is 4.25. The first kappa shape index (κ1) is 18.0. The number of aliphatic hydroxyl groups is 1. The van der Waals surface area contributed by atoms with Gasteiger partial charge in [-0.1, -0.05) is 41.5 Å². The van der Waals surface area contributed by atoms with Gasteiger partial charge in [-0.15, -0.1) is 0 Å². The number of hydrogen-bond donors (Lipinski definition) is 3. The zero-order chi connectivity index (χ0) is 16.9. The molecule has 1 aliphatic carbocycles. The van der Waals surface area contributed by atoms with Gasteiger partial charge in [0.2, 0.25) is 0 Å². The third-order valence-electron chi connectivity index (χ3n) is 5.38. The molecule has 0 amide bonds. The summed E-state index contributed by atoms with van der Waals surface area (Å²) in [6, 6.07) is 0. The van der Waals surface area contributed by atoms with Crippen LogP contribution < -0.4 is 0 Å². The monoisotopic (exact) mass is 300 g/mol. The molecule has 5 heteroatoms. The second-order valence-electron chi connectivity index (χ2n) is 8.35. The molecule has 0 spiro atoms. The lowest BCUT2D eigenvalue weighted by molar-refractivity contribution is -0.238. The first-order valence-electron chi connectivity index (χ1n) is 7.39. The van der Waals surface area contributed by atoms with Crippen LogP contribution in [0.2, 0.25) is 0 Å². The van der Waals surface area contributed by atoms with E-state index < -0.39 is 39.7 Å². The summed E-state index contributed by atoms with van der Waals surface area (Å²) in [5, 5.41) is 30.1. The SMILES string of the molecule is CC(C)(C)C1(C(C)(C)C)CC(C(=O)O)CCC1(O)C(=O)O. The van der Waals surface area contributed by atoms with Gasteiger partial charge in [-0.25, -0.2) is 4.79 Å². The Morgan fingerprint density at radius 2 is 1.43 bits per heavy atom. The van der Waals surface area contributed by atoms with E-state index in [-0.39, 0.29) is 19.3 Å². The van der Waals surface area contributed by atoms with E-state index in [1.54, 1.807) is 0 Å². The standard InChI is InChI=1S/C16H28O5/c1-13(2,3)16(14(4,5)6)9-10(11(17)18)7-8-15(16,21)12(19)20/h10,21H,7-9H2,1-6H3,(H,17,18)(H,19,20). The summed E-state index contributed by atoms with van der Waals surface area (Å²) in [5.74, 6) is -2.79. The second-order valence-corrected chi connectivity index (χ2v) is 8.35. The molecule has 0 heterocycles. The Labute approximate surface area is 126 Å². The molecule has 5 nitrogen and oxygen atoms in total. The van der Waals surface area contributed by atoms with Gasteiger partial charge in [-0.05, 0) is 30.1 Å². The maximum Gasteiger partial charge on any atom is 0.336 e. The molecule has 1 rings (SSSR count). The van der Waals surface area contributed by atoms with Crippen molar-refractivity contribution in [3.63, 3.8) is 0 Å². The van der Waals surface area contributed by atoms with Crippen molar-refractivity contribution in [2.75, 3.05) is 0 Å². The number of carbonyl (C=O) groups is 2. The van der Waals surface area contributed by atoms with Crippen LogP contribution in [0.15, 0.2) is 0 Å². The third-order valence-corrected chi connectivity index (χ3v) is 5.38. The maximum atomic E-state index is 11.9. The van der Waals surface area contributed by atoms with Crippen LogP contribution >= 0.6 is 0 Å². The van der Waals surface area contributed by atoms with Gasteiger partial charge >= 0.3 is 11.9 Å². The van der Waals surface area contributed by atoms with Gasteiger partial charge < -0.3 is 15.3 Å². The van der Waals surface area contributed by atoms with E-state index in [0.29, 0.717) is 0 Å². The summed E-state index contributed by atoms with van der Waals surface area (Å²) >= 11 is 0. The van der Waals surface area contributed by atoms with E-state index in [0.717, 1.165) is 0 Å². The minimum absolute atomic E-state index is 0.0339. The van der Waals surface area contributed by atoms with Crippen LogP contribution in [0.25, 0.3) is 0 Å². The van der Waals surface area contributed by atoms with Crippen molar-refractivity contribution >= 4 is 11.9 Å². The molecule has 1 fully saturated rings. The molecule has 1 aliphatic rings. The fraction of sp³-hybridized carbons (Fsp3) is 0.875. The van der Waals surface area contributed by atoms with Gasteiger partial charge in [-0.2, -0.15) is 0 Å². The van der Waals surface area contributed by atoms with Crippen LogP contribution in [0, 0.1) is 22.2 Å². The highest BCUT2D eigenvalue weighted by atomic mass is 16.4. The molecule has 0 bridgehead atoms. The fourth-order valence-corrected chi connectivity index (χ4v) is 4.72. The molecular weight excluding hydrogens is 272 g/mol. The van der Waals surface area contributed by atoms with Crippen LogP contribution in [-0.4, -0.2) is 32.9 Å². The Morgan fingerprint density at radius 3 is 1.71 bits per heavy atom. The van der Waals surface area contributed by atoms with Crippen LogP contribution in [0.4, 0.5) is 0 Å².